The van der Waals surface area contributed by atoms with Crippen molar-refractivity contribution in [3.8, 4) is 17.1 Å². The van der Waals surface area contributed by atoms with Gasteiger partial charge in [-0.2, -0.15) is 0 Å². The Morgan fingerprint density at radius 1 is 0.967 bits per heavy atom. The van der Waals surface area contributed by atoms with Crippen LogP contribution in [0.25, 0.3) is 11.4 Å². The standard InChI is InChI=1S/C47H64ClFN6O5S/c1-29-36-13-15-40(44(29)48)60-35(26-55-21-19-54(2)20-22-55)28-58-34-12-14-38(59-27-33-16-18-50-46(52-33)37-6-4-5-7-39(37)56-3)31(24-34)17-23-57-47-43-41(61-53-47)25-51-45(42(36)43)30-8-10-32(49)11-9-30/h4-11,16,18,29,31,34-36,38,40-45,47,51,53H,12-15,17,19-28H2,1-3H3/t29?,31?,34?,35-,36?,38?,40?,41?,42?,43?,44?,45?,47?/m1/s1. The van der Waals surface area contributed by atoms with Gasteiger partial charge in [-0.3, -0.25) is 4.90 Å². The van der Waals surface area contributed by atoms with Crippen molar-refractivity contribution in [3.05, 3.63) is 77.9 Å². The fourth-order valence-corrected chi connectivity index (χ4v) is 12.8. The molecule has 0 radical (unpaired) electrons. The van der Waals surface area contributed by atoms with Gasteiger partial charge >= 0.3 is 0 Å². The summed E-state index contributed by atoms with van der Waals surface area (Å²) in [6.07, 6.45) is 7.16. The van der Waals surface area contributed by atoms with E-state index in [-0.39, 0.29) is 71.6 Å². The van der Waals surface area contributed by atoms with E-state index in [1.165, 1.54) is 0 Å². The first-order chi connectivity index (χ1) is 29.8. The van der Waals surface area contributed by atoms with Crippen LogP contribution in [0.3, 0.4) is 0 Å². The third-order valence-electron chi connectivity index (χ3n) is 14.6. The lowest BCUT2D eigenvalue weighted by molar-refractivity contribution is -0.123. The molecule has 7 fully saturated rings. The molecule has 14 heteroatoms. The normalized spacial score (nSPS) is 36.6. The van der Waals surface area contributed by atoms with Gasteiger partial charge in [0.2, 0.25) is 0 Å². The molecule has 11 nitrogen and oxygen atoms in total. The van der Waals surface area contributed by atoms with Crippen LogP contribution in [-0.4, -0.2) is 128 Å². The predicted molar refractivity (Wildman–Crippen MR) is 237 cm³/mol. The summed E-state index contributed by atoms with van der Waals surface area (Å²) in [5, 5.41) is 4.13. The Balaban J connectivity index is 0.969. The van der Waals surface area contributed by atoms with Crippen LogP contribution in [0.2, 0.25) is 0 Å². The molecule has 7 aliphatic rings. The summed E-state index contributed by atoms with van der Waals surface area (Å²) >= 11 is 9.38. The van der Waals surface area contributed by atoms with Gasteiger partial charge in [0.15, 0.2) is 5.82 Å². The second-order valence-electron chi connectivity index (χ2n) is 18.3. The quantitative estimate of drug-likeness (QED) is 0.181. The number of nitrogens with zero attached hydrogens (tertiary/aromatic N) is 4. The first kappa shape index (κ1) is 43.8. The number of ether oxygens (including phenoxy) is 5. The summed E-state index contributed by atoms with van der Waals surface area (Å²) in [5.74, 6) is 2.41. The van der Waals surface area contributed by atoms with Crippen LogP contribution in [0.4, 0.5) is 4.39 Å². The maximum absolute atomic E-state index is 14.3. The number of halogens is 2. The lowest BCUT2D eigenvalue weighted by atomic mass is 9.62. The van der Waals surface area contributed by atoms with Crippen molar-refractivity contribution < 1.29 is 28.1 Å². The van der Waals surface area contributed by atoms with Crippen molar-refractivity contribution >= 4 is 23.5 Å². The molecule has 4 bridgehead atoms. The summed E-state index contributed by atoms with van der Waals surface area (Å²) in [7, 11) is 3.87. The summed E-state index contributed by atoms with van der Waals surface area (Å²) in [6, 6.07) is 16.9. The zero-order chi connectivity index (χ0) is 41.9. The summed E-state index contributed by atoms with van der Waals surface area (Å²) < 4.78 is 51.4. The Bertz CT molecular complexity index is 1880. The van der Waals surface area contributed by atoms with Crippen molar-refractivity contribution in [1.82, 2.24) is 29.8 Å². The summed E-state index contributed by atoms with van der Waals surface area (Å²) in [4.78, 5) is 14.4. The monoisotopic (exact) mass is 878 g/mol. The van der Waals surface area contributed by atoms with Crippen molar-refractivity contribution in [1.29, 1.82) is 0 Å². The van der Waals surface area contributed by atoms with E-state index in [0.29, 0.717) is 36.8 Å². The number of hydrogen-bond acceptors (Lipinski definition) is 12. The molecule has 332 valence electrons. The molecule has 5 saturated heterocycles. The third-order valence-corrected chi connectivity index (χ3v) is 16.5. The van der Waals surface area contributed by atoms with Gasteiger partial charge in [-0.1, -0.05) is 43.1 Å². The number of benzene rings is 2. The van der Waals surface area contributed by atoms with Gasteiger partial charge in [0.1, 0.15) is 17.8 Å². The minimum absolute atomic E-state index is 0.0365. The molecule has 10 rings (SSSR count). The number of likely N-dealkylation sites (N-methyl/N-ethyl adjacent to an activating group) is 1. The van der Waals surface area contributed by atoms with Crippen LogP contribution in [0, 0.1) is 35.4 Å². The zero-order valence-electron chi connectivity index (χ0n) is 35.9. The van der Waals surface area contributed by atoms with Gasteiger partial charge in [-0.15, -0.1) is 11.6 Å². The Morgan fingerprint density at radius 3 is 2.64 bits per heavy atom. The molecule has 12 unspecified atom stereocenters. The highest BCUT2D eigenvalue weighted by atomic mass is 35.5. The molecule has 5 aliphatic heterocycles. The van der Waals surface area contributed by atoms with Crippen LogP contribution >= 0.6 is 23.5 Å². The molecule has 2 aromatic carbocycles. The lowest BCUT2D eigenvalue weighted by Crippen LogP contribution is -2.56. The van der Waals surface area contributed by atoms with Crippen LogP contribution in [0.15, 0.2) is 60.8 Å². The van der Waals surface area contributed by atoms with Gasteiger partial charge in [0.25, 0.3) is 0 Å². The number of fused-ring (bicyclic) bond motifs is 7. The maximum atomic E-state index is 14.3. The smallest absolute Gasteiger partial charge is 0.163 e. The Labute approximate surface area is 370 Å². The highest BCUT2D eigenvalue weighted by molar-refractivity contribution is 7.98. The van der Waals surface area contributed by atoms with E-state index in [0.717, 1.165) is 100 Å². The molecule has 6 heterocycles. The van der Waals surface area contributed by atoms with E-state index in [9.17, 15) is 4.39 Å². The molecule has 2 aliphatic carbocycles. The van der Waals surface area contributed by atoms with Gasteiger partial charge in [0, 0.05) is 69.3 Å². The number of nitrogens with one attached hydrogen (secondary N) is 2. The van der Waals surface area contributed by atoms with Crippen molar-refractivity contribution in [2.24, 2.45) is 29.6 Å². The topological polar surface area (TPSA) is 102 Å². The number of piperidine rings is 1. The number of methoxy groups -OCH3 is 1. The number of piperazine rings is 1. The molecule has 0 amide bonds. The van der Waals surface area contributed by atoms with Gasteiger partial charge in [-0.25, -0.2) is 19.1 Å². The minimum atomic E-state index is -0.213. The zero-order valence-corrected chi connectivity index (χ0v) is 37.5. The van der Waals surface area contributed by atoms with Gasteiger partial charge in [-0.05, 0) is 105 Å². The van der Waals surface area contributed by atoms with E-state index in [4.69, 9.17) is 40.3 Å². The first-order valence-electron chi connectivity index (χ1n) is 22.7. The number of rotatable bonds is 8. The Kier molecular flexibility index (Phi) is 14.5. The molecule has 61 heavy (non-hydrogen) atoms. The Hall–Kier alpha value is -2.43. The van der Waals surface area contributed by atoms with Crippen molar-refractivity contribution in [2.75, 3.05) is 66.6 Å². The predicted octanol–water partition coefficient (Wildman–Crippen LogP) is 6.96. The molecular weight excluding hydrogens is 815 g/mol. The minimum Gasteiger partial charge on any atom is -0.496 e. The summed E-state index contributed by atoms with van der Waals surface area (Å²) in [5.41, 5.74) is 2.82. The second kappa shape index (κ2) is 20.2. The summed E-state index contributed by atoms with van der Waals surface area (Å²) in [6.45, 7) is 9.73. The fraction of sp³-hybridized carbons (Fsp3) is 0.660. The van der Waals surface area contributed by atoms with Crippen LogP contribution in [0.5, 0.6) is 5.75 Å². The van der Waals surface area contributed by atoms with E-state index in [2.05, 4.69) is 38.8 Å². The highest BCUT2D eigenvalue weighted by Crippen LogP contribution is 2.53. The van der Waals surface area contributed by atoms with Crippen LogP contribution < -0.4 is 14.8 Å². The van der Waals surface area contributed by atoms with Crippen LogP contribution in [-0.2, 0) is 25.6 Å². The number of para-hydroxylation sites is 1. The average Bonchev–Trinajstić information content (AvgIpc) is 3.70. The fourth-order valence-electron chi connectivity index (χ4n) is 11.2. The highest BCUT2D eigenvalue weighted by Gasteiger charge is 2.54. The number of alkyl halides is 1. The maximum Gasteiger partial charge on any atom is 0.163 e. The molecule has 0 spiro atoms. The molecule has 3 aromatic rings. The number of aromatic nitrogens is 2. The van der Waals surface area contributed by atoms with E-state index in [1.807, 2.05) is 42.5 Å². The van der Waals surface area contributed by atoms with Crippen molar-refractivity contribution in [2.45, 2.75) is 99.4 Å². The van der Waals surface area contributed by atoms with Crippen molar-refractivity contribution in [3.63, 3.8) is 0 Å². The lowest BCUT2D eigenvalue weighted by Gasteiger charge is -2.51. The first-order valence-corrected chi connectivity index (χ1v) is 24.0. The third kappa shape index (κ3) is 10.1. The molecule has 2 saturated carbocycles. The van der Waals surface area contributed by atoms with Gasteiger partial charge < -0.3 is 33.9 Å². The van der Waals surface area contributed by atoms with E-state index >= 15 is 0 Å². The van der Waals surface area contributed by atoms with Gasteiger partial charge in [0.05, 0.1) is 61.4 Å². The SMILES string of the molecule is COc1ccccc1-c1nccc(COC2CCC3CC2CCOC2NSC4CNC(c5ccc(F)cc5)C(C5CCC(O[C@H](CN6CCN(C)CC6)CO3)C(Cl)C5C)C24)n1. The van der Waals surface area contributed by atoms with E-state index in [1.54, 1.807) is 37.4 Å². The molecule has 1 aromatic heterocycles. The average molecular weight is 880 g/mol. The number of hydrogen-bond donors (Lipinski definition) is 2. The molecular formula is C47H64ClFN6O5S. The van der Waals surface area contributed by atoms with E-state index < -0.39 is 0 Å². The largest absolute Gasteiger partial charge is 0.496 e. The van der Waals surface area contributed by atoms with Crippen LogP contribution in [0.1, 0.15) is 62.7 Å². The molecule has 13 atom stereocenters. The Morgan fingerprint density at radius 2 is 1.80 bits per heavy atom. The molecule has 2 N–H and O–H groups in total. The second-order valence-corrected chi connectivity index (χ2v) is 19.9.